The first-order valence-corrected chi connectivity index (χ1v) is 7.98. The van der Waals surface area contributed by atoms with Crippen molar-refractivity contribution in [2.75, 3.05) is 26.2 Å². The van der Waals surface area contributed by atoms with Crippen LogP contribution < -0.4 is 0 Å². The van der Waals surface area contributed by atoms with Gasteiger partial charge in [0.25, 0.3) is 0 Å². The van der Waals surface area contributed by atoms with Gasteiger partial charge in [0.15, 0.2) is 0 Å². The summed E-state index contributed by atoms with van der Waals surface area (Å²) in [5, 5.41) is 18.6. The lowest BCUT2D eigenvalue weighted by Gasteiger charge is -2.25. The molecule has 6 heteroatoms. The van der Waals surface area contributed by atoms with Gasteiger partial charge in [0.05, 0.1) is 6.10 Å². The Morgan fingerprint density at radius 1 is 1.05 bits per heavy atom. The van der Waals surface area contributed by atoms with Gasteiger partial charge in [-0.3, -0.25) is 4.79 Å². The molecule has 4 unspecified atom stereocenters. The fraction of sp³-hybridized carbons (Fsp3) is 0.867. The molecule has 3 aliphatic rings. The van der Waals surface area contributed by atoms with Crippen molar-refractivity contribution >= 4 is 12.0 Å². The van der Waals surface area contributed by atoms with E-state index in [0.29, 0.717) is 31.3 Å². The molecule has 1 saturated carbocycles. The van der Waals surface area contributed by atoms with Gasteiger partial charge in [0.1, 0.15) is 0 Å². The highest BCUT2D eigenvalue weighted by Crippen LogP contribution is 2.38. The van der Waals surface area contributed by atoms with Gasteiger partial charge in [-0.25, -0.2) is 4.79 Å². The first-order chi connectivity index (χ1) is 10.0. The van der Waals surface area contributed by atoms with E-state index in [1.807, 2.05) is 9.80 Å². The number of urea groups is 1. The predicted octanol–water partition coefficient (Wildman–Crippen LogP) is 0.996. The molecule has 0 bridgehead atoms. The smallest absolute Gasteiger partial charge is 0.320 e. The standard InChI is InChI=1S/C15H24N2O4/c18-13-3-2-11-8-17(9-12(11)13)15(21)16-6-5-10(7-16)1-4-14(19)20/h10-13,18H,1-9H2,(H,19,20). The molecule has 2 saturated heterocycles. The zero-order valence-electron chi connectivity index (χ0n) is 12.3. The number of nitrogens with zero attached hydrogens (tertiary/aromatic N) is 2. The van der Waals surface area contributed by atoms with Crippen molar-refractivity contribution in [3.63, 3.8) is 0 Å². The fourth-order valence-electron chi connectivity index (χ4n) is 4.16. The van der Waals surface area contributed by atoms with Crippen LogP contribution in [0.5, 0.6) is 0 Å². The molecule has 2 N–H and O–H groups in total. The van der Waals surface area contributed by atoms with Crippen LogP contribution in [0.2, 0.25) is 0 Å². The summed E-state index contributed by atoms with van der Waals surface area (Å²) < 4.78 is 0. The van der Waals surface area contributed by atoms with E-state index in [2.05, 4.69) is 0 Å². The number of hydrogen-bond acceptors (Lipinski definition) is 3. The van der Waals surface area contributed by atoms with Crippen molar-refractivity contribution in [3.8, 4) is 0 Å². The van der Waals surface area contributed by atoms with Crippen LogP contribution in [0.1, 0.15) is 32.1 Å². The molecule has 2 heterocycles. The van der Waals surface area contributed by atoms with Crippen molar-refractivity contribution in [2.24, 2.45) is 17.8 Å². The summed E-state index contributed by atoms with van der Waals surface area (Å²) >= 11 is 0. The summed E-state index contributed by atoms with van der Waals surface area (Å²) in [6, 6.07) is 0.0782. The highest BCUT2D eigenvalue weighted by atomic mass is 16.4. The van der Waals surface area contributed by atoms with Crippen molar-refractivity contribution < 1.29 is 19.8 Å². The molecule has 0 spiro atoms. The summed E-state index contributed by atoms with van der Waals surface area (Å²) in [5.41, 5.74) is 0. The molecule has 0 aromatic carbocycles. The summed E-state index contributed by atoms with van der Waals surface area (Å²) in [6.07, 6.45) is 3.41. The highest BCUT2D eigenvalue weighted by Gasteiger charge is 2.44. The third kappa shape index (κ3) is 3.00. The molecular formula is C15H24N2O4. The second-order valence-corrected chi connectivity index (χ2v) is 6.79. The molecule has 2 aliphatic heterocycles. The number of likely N-dealkylation sites (tertiary alicyclic amines) is 2. The number of rotatable bonds is 3. The number of carboxylic acids is 1. The van der Waals surface area contributed by atoms with Crippen LogP contribution in [0.3, 0.4) is 0 Å². The van der Waals surface area contributed by atoms with E-state index in [1.54, 1.807) is 0 Å². The first-order valence-electron chi connectivity index (χ1n) is 7.98. The van der Waals surface area contributed by atoms with E-state index in [4.69, 9.17) is 5.11 Å². The lowest BCUT2D eigenvalue weighted by Crippen LogP contribution is -2.41. The third-order valence-corrected chi connectivity index (χ3v) is 5.41. The Morgan fingerprint density at radius 2 is 1.86 bits per heavy atom. The van der Waals surface area contributed by atoms with Gasteiger partial charge >= 0.3 is 12.0 Å². The van der Waals surface area contributed by atoms with Gasteiger partial charge in [-0.15, -0.1) is 0 Å². The molecule has 4 atom stereocenters. The van der Waals surface area contributed by atoms with Crippen LogP contribution in [0.15, 0.2) is 0 Å². The average molecular weight is 296 g/mol. The number of carboxylic acid groups (broad SMARTS) is 1. The van der Waals surface area contributed by atoms with Gasteiger partial charge < -0.3 is 20.0 Å². The van der Waals surface area contributed by atoms with Crippen LogP contribution in [0.4, 0.5) is 4.79 Å². The highest BCUT2D eigenvalue weighted by molar-refractivity contribution is 5.75. The van der Waals surface area contributed by atoms with E-state index >= 15 is 0 Å². The maximum Gasteiger partial charge on any atom is 0.320 e. The number of aliphatic hydroxyl groups is 1. The minimum absolute atomic E-state index is 0.0782. The maximum atomic E-state index is 12.5. The summed E-state index contributed by atoms with van der Waals surface area (Å²) in [7, 11) is 0. The summed E-state index contributed by atoms with van der Waals surface area (Å²) in [5.74, 6) is 0.285. The van der Waals surface area contributed by atoms with Crippen LogP contribution in [0.25, 0.3) is 0 Å². The van der Waals surface area contributed by atoms with E-state index in [0.717, 1.165) is 32.4 Å². The molecule has 0 aromatic rings. The maximum absolute atomic E-state index is 12.5. The summed E-state index contributed by atoms with van der Waals surface area (Å²) in [6.45, 7) is 2.87. The number of aliphatic carboxylic acids is 1. The Kier molecular flexibility index (Phi) is 4.06. The van der Waals surface area contributed by atoms with Crippen LogP contribution in [-0.4, -0.2) is 64.3 Å². The topological polar surface area (TPSA) is 81.1 Å². The van der Waals surface area contributed by atoms with Gasteiger partial charge in [0.2, 0.25) is 0 Å². The van der Waals surface area contributed by atoms with Gasteiger partial charge in [0, 0.05) is 38.5 Å². The molecule has 0 radical (unpaired) electrons. The molecule has 3 rings (SSSR count). The van der Waals surface area contributed by atoms with Crippen LogP contribution in [0, 0.1) is 17.8 Å². The molecule has 6 nitrogen and oxygen atoms in total. The SMILES string of the molecule is O=C(O)CCC1CCN(C(=O)N2CC3CCC(O)C3C2)C1. The monoisotopic (exact) mass is 296 g/mol. The van der Waals surface area contributed by atoms with Crippen molar-refractivity contribution in [3.05, 3.63) is 0 Å². The Labute approximate surface area is 124 Å². The number of carbonyl (C=O) groups excluding carboxylic acids is 1. The average Bonchev–Trinajstić information content (AvgIpc) is 3.13. The predicted molar refractivity (Wildman–Crippen MR) is 75.7 cm³/mol. The fourth-order valence-corrected chi connectivity index (χ4v) is 4.16. The van der Waals surface area contributed by atoms with E-state index in [9.17, 15) is 14.7 Å². The Balaban J connectivity index is 1.49. The lowest BCUT2D eigenvalue weighted by atomic mass is 10.00. The zero-order chi connectivity index (χ0) is 15.0. The number of hydrogen-bond donors (Lipinski definition) is 2. The molecular weight excluding hydrogens is 272 g/mol. The van der Waals surface area contributed by atoms with Crippen LogP contribution >= 0.6 is 0 Å². The molecule has 21 heavy (non-hydrogen) atoms. The van der Waals surface area contributed by atoms with Gasteiger partial charge in [-0.1, -0.05) is 0 Å². The number of carbonyl (C=O) groups is 2. The van der Waals surface area contributed by atoms with E-state index in [1.165, 1.54) is 0 Å². The van der Waals surface area contributed by atoms with Gasteiger partial charge in [-0.05, 0) is 37.5 Å². The zero-order valence-corrected chi connectivity index (χ0v) is 12.3. The Hall–Kier alpha value is -1.30. The second kappa shape index (κ2) is 5.83. The minimum atomic E-state index is -0.763. The number of fused-ring (bicyclic) bond motifs is 1. The van der Waals surface area contributed by atoms with Crippen molar-refractivity contribution in [1.82, 2.24) is 9.80 Å². The molecule has 2 amide bonds. The van der Waals surface area contributed by atoms with E-state index < -0.39 is 5.97 Å². The third-order valence-electron chi connectivity index (χ3n) is 5.41. The van der Waals surface area contributed by atoms with Crippen molar-refractivity contribution in [1.29, 1.82) is 0 Å². The largest absolute Gasteiger partial charge is 0.481 e. The molecule has 1 aliphatic carbocycles. The van der Waals surface area contributed by atoms with Crippen molar-refractivity contribution in [2.45, 2.75) is 38.2 Å². The molecule has 118 valence electrons. The first kappa shape index (κ1) is 14.6. The normalized spacial score (nSPS) is 35.3. The number of amides is 2. The second-order valence-electron chi connectivity index (χ2n) is 6.79. The number of aliphatic hydroxyl groups excluding tert-OH is 1. The Morgan fingerprint density at radius 3 is 2.57 bits per heavy atom. The lowest BCUT2D eigenvalue weighted by molar-refractivity contribution is -0.137. The quantitative estimate of drug-likeness (QED) is 0.814. The minimum Gasteiger partial charge on any atom is -0.481 e. The van der Waals surface area contributed by atoms with Crippen LogP contribution in [-0.2, 0) is 4.79 Å². The summed E-state index contributed by atoms with van der Waals surface area (Å²) in [4.78, 5) is 26.9. The molecule has 0 aromatic heterocycles. The van der Waals surface area contributed by atoms with E-state index in [-0.39, 0.29) is 24.5 Å². The Bertz CT molecular complexity index is 428. The molecule has 3 fully saturated rings. The van der Waals surface area contributed by atoms with Gasteiger partial charge in [-0.2, -0.15) is 0 Å².